The molecule has 0 fully saturated rings. The van der Waals surface area contributed by atoms with E-state index in [1.807, 2.05) is 36.4 Å². The van der Waals surface area contributed by atoms with Gasteiger partial charge in [-0.3, -0.25) is 4.79 Å². The van der Waals surface area contributed by atoms with E-state index >= 15 is 0 Å². The Labute approximate surface area is 118 Å². The molecule has 0 aliphatic rings. The minimum Gasteiger partial charge on any atom is -0.281 e. The molecule has 0 spiro atoms. The van der Waals surface area contributed by atoms with Crippen LogP contribution in [0.3, 0.4) is 0 Å². The van der Waals surface area contributed by atoms with Crippen LogP contribution in [0.25, 0.3) is 5.57 Å². The van der Waals surface area contributed by atoms with Crippen LogP contribution in [-0.4, -0.2) is 5.24 Å². The van der Waals surface area contributed by atoms with E-state index in [0.29, 0.717) is 12.8 Å². The molecule has 0 atom stereocenters. The summed E-state index contributed by atoms with van der Waals surface area (Å²) >= 11 is 5.39. The third-order valence-electron chi connectivity index (χ3n) is 2.86. The van der Waals surface area contributed by atoms with Gasteiger partial charge < -0.3 is 0 Å². The average molecular weight is 271 g/mol. The molecule has 0 saturated carbocycles. The Balaban J connectivity index is 2.31. The maximum absolute atomic E-state index is 10.8. The molecule has 0 unspecified atom stereocenters. The first-order chi connectivity index (χ1) is 9.27. The average Bonchev–Trinajstić information content (AvgIpc) is 2.45. The summed E-state index contributed by atoms with van der Waals surface area (Å²) in [5.74, 6) is 0. The molecule has 2 aromatic rings. The fourth-order valence-electron chi connectivity index (χ4n) is 1.97. The van der Waals surface area contributed by atoms with Gasteiger partial charge in [-0.25, -0.2) is 0 Å². The largest absolute Gasteiger partial charge is 0.281 e. The van der Waals surface area contributed by atoms with Crippen molar-refractivity contribution >= 4 is 22.4 Å². The molecule has 2 aromatic carbocycles. The van der Waals surface area contributed by atoms with Crippen molar-refractivity contribution in [2.24, 2.45) is 0 Å². The highest BCUT2D eigenvalue weighted by Crippen LogP contribution is 2.24. The molecule has 19 heavy (non-hydrogen) atoms. The van der Waals surface area contributed by atoms with Gasteiger partial charge in [0, 0.05) is 6.42 Å². The third kappa shape index (κ3) is 4.08. The van der Waals surface area contributed by atoms with Crippen LogP contribution < -0.4 is 0 Å². The summed E-state index contributed by atoms with van der Waals surface area (Å²) in [6.07, 6.45) is 3.09. The smallest absolute Gasteiger partial charge is 0.221 e. The fourth-order valence-corrected chi connectivity index (χ4v) is 2.08. The lowest BCUT2D eigenvalue weighted by Crippen LogP contribution is -1.89. The molecule has 0 aromatic heterocycles. The van der Waals surface area contributed by atoms with E-state index in [1.165, 1.54) is 0 Å². The number of benzene rings is 2. The maximum Gasteiger partial charge on any atom is 0.221 e. The van der Waals surface area contributed by atoms with E-state index in [4.69, 9.17) is 11.6 Å². The maximum atomic E-state index is 10.8. The lowest BCUT2D eigenvalue weighted by molar-refractivity contribution is -0.111. The quantitative estimate of drug-likeness (QED) is 0.722. The molecule has 1 nitrogen and oxygen atoms in total. The molecule has 0 N–H and O–H groups in total. The molecule has 2 heteroatoms. The highest BCUT2D eigenvalue weighted by atomic mass is 35.5. The van der Waals surface area contributed by atoms with Crippen molar-refractivity contribution in [2.45, 2.75) is 12.8 Å². The zero-order valence-corrected chi connectivity index (χ0v) is 11.3. The number of rotatable bonds is 5. The summed E-state index contributed by atoms with van der Waals surface area (Å²) in [7, 11) is 0. The Bertz CT molecular complexity index is 517. The normalized spacial score (nSPS) is 9.95. The number of hydrogen-bond donors (Lipinski definition) is 0. The first-order valence-electron chi connectivity index (χ1n) is 6.26. The first kappa shape index (κ1) is 13.6. The predicted molar refractivity (Wildman–Crippen MR) is 80.1 cm³/mol. The summed E-state index contributed by atoms with van der Waals surface area (Å²) in [6.45, 7) is 0. The molecular weight excluding hydrogens is 256 g/mol. The van der Waals surface area contributed by atoms with E-state index in [-0.39, 0.29) is 5.24 Å². The highest BCUT2D eigenvalue weighted by molar-refractivity contribution is 6.63. The van der Waals surface area contributed by atoms with Crippen molar-refractivity contribution in [1.82, 2.24) is 0 Å². The second-order valence-corrected chi connectivity index (χ2v) is 4.67. The third-order valence-corrected chi connectivity index (χ3v) is 3.05. The molecule has 0 aliphatic carbocycles. The fraction of sp³-hybridized carbons (Fsp3) is 0.118. The SMILES string of the molecule is O=C(Cl)CCC=C(c1ccccc1)c1ccccc1. The van der Waals surface area contributed by atoms with Crippen molar-refractivity contribution in [2.75, 3.05) is 0 Å². The van der Waals surface area contributed by atoms with Crippen molar-refractivity contribution in [3.8, 4) is 0 Å². The van der Waals surface area contributed by atoms with Crippen LogP contribution in [0.4, 0.5) is 0 Å². The molecule has 0 bridgehead atoms. The van der Waals surface area contributed by atoms with Gasteiger partial charge in [-0.1, -0.05) is 66.7 Å². The summed E-state index contributed by atoms with van der Waals surface area (Å²) in [5.41, 5.74) is 3.44. The molecule has 2 rings (SSSR count). The minimum absolute atomic E-state index is 0.295. The van der Waals surface area contributed by atoms with Gasteiger partial charge in [0.25, 0.3) is 0 Å². The van der Waals surface area contributed by atoms with Gasteiger partial charge in [0.05, 0.1) is 0 Å². The van der Waals surface area contributed by atoms with Crippen molar-refractivity contribution < 1.29 is 4.79 Å². The van der Waals surface area contributed by atoms with Crippen LogP contribution in [0.1, 0.15) is 24.0 Å². The molecular formula is C17H15ClO. The second kappa shape index (κ2) is 6.91. The Morgan fingerprint density at radius 3 is 1.79 bits per heavy atom. The van der Waals surface area contributed by atoms with Crippen LogP contribution in [0.2, 0.25) is 0 Å². The number of halogens is 1. The van der Waals surface area contributed by atoms with Gasteiger partial charge in [-0.15, -0.1) is 0 Å². The van der Waals surface area contributed by atoms with Gasteiger partial charge in [0.2, 0.25) is 5.24 Å². The first-order valence-corrected chi connectivity index (χ1v) is 6.64. The van der Waals surface area contributed by atoms with Crippen LogP contribution in [0.5, 0.6) is 0 Å². The Kier molecular flexibility index (Phi) is 4.93. The molecule has 0 heterocycles. The number of carbonyl (C=O) groups is 1. The number of carbonyl (C=O) groups excluding carboxylic acids is 1. The predicted octanol–water partition coefficient (Wildman–Crippen LogP) is 4.66. The second-order valence-electron chi connectivity index (χ2n) is 4.24. The summed E-state index contributed by atoms with van der Waals surface area (Å²) in [6, 6.07) is 20.3. The minimum atomic E-state index is -0.295. The van der Waals surface area contributed by atoms with Gasteiger partial charge in [0.15, 0.2) is 0 Å². The van der Waals surface area contributed by atoms with E-state index in [9.17, 15) is 4.79 Å². The topological polar surface area (TPSA) is 17.1 Å². The highest BCUT2D eigenvalue weighted by Gasteiger charge is 2.04. The number of allylic oxidation sites excluding steroid dienone is 1. The standard InChI is InChI=1S/C17H15ClO/c18-17(19)13-7-12-16(14-8-3-1-4-9-14)15-10-5-2-6-11-15/h1-6,8-12H,7,13H2. The molecule has 0 saturated heterocycles. The van der Waals surface area contributed by atoms with E-state index < -0.39 is 0 Å². The van der Waals surface area contributed by atoms with Gasteiger partial charge in [0.1, 0.15) is 0 Å². The number of hydrogen-bond acceptors (Lipinski definition) is 1. The zero-order valence-electron chi connectivity index (χ0n) is 10.6. The Morgan fingerprint density at radius 2 is 1.37 bits per heavy atom. The van der Waals surface area contributed by atoms with Crippen molar-refractivity contribution in [1.29, 1.82) is 0 Å². The van der Waals surface area contributed by atoms with Crippen molar-refractivity contribution in [3.05, 3.63) is 77.9 Å². The molecule has 0 aliphatic heterocycles. The monoisotopic (exact) mass is 270 g/mol. The van der Waals surface area contributed by atoms with Crippen LogP contribution in [0.15, 0.2) is 66.7 Å². The van der Waals surface area contributed by atoms with Crippen LogP contribution in [0, 0.1) is 0 Å². The summed E-state index contributed by atoms with van der Waals surface area (Å²) < 4.78 is 0. The Hall–Kier alpha value is -1.86. The molecule has 96 valence electrons. The van der Waals surface area contributed by atoms with Crippen molar-refractivity contribution in [3.63, 3.8) is 0 Å². The van der Waals surface area contributed by atoms with Gasteiger partial charge in [-0.05, 0) is 34.7 Å². The van der Waals surface area contributed by atoms with Gasteiger partial charge >= 0.3 is 0 Å². The lowest BCUT2D eigenvalue weighted by Gasteiger charge is -2.08. The lowest BCUT2D eigenvalue weighted by atomic mass is 9.97. The summed E-state index contributed by atoms with van der Waals surface area (Å²) in [4.78, 5) is 10.8. The van der Waals surface area contributed by atoms with E-state index in [2.05, 4.69) is 30.3 Å². The molecule has 0 radical (unpaired) electrons. The van der Waals surface area contributed by atoms with E-state index in [0.717, 1.165) is 16.7 Å². The van der Waals surface area contributed by atoms with E-state index in [1.54, 1.807) is 0 Å². The summed E-state index contributed by atoms with van der Waals surface area (Å²) in [5, 5.41) is -0.295. The Morgan fingerprint density at radius 1 is 0.895 bits per heavy atom. The molecule has 0 amide bonds. The zero-order chi connectivity index (χ0) is 13.5. The van der Waals surface area contributed by atoms with Crippen LogP contribution >= 0.6 is 11.6 Å². The van der Waals surface area contributed by atoms with Crippen LogP contribution in [-0.2, 0) is 4.79 Å². The van der Waals surface area contributed by atoms with Gasteiger partial charge in [-0.2, -0.15) is 0 Å².